The number of phosphoric ester groups is 1. The predicted molar refractivity (Wildman–Crippen MR) is 108 cm³/mol. The summed E-state index contributed by atoms with van der Waals surface area (Å²) in [6.07, 6.45) is 0. The van der Waals surface area contributed by atoms with E-state index in [4.69, 9.17) is 13.6 Å². The van der Waals surface area contributed by atoms with Crippen LogP contribution in [0.25, 0.3) is 0 Å². The van der Waals surface area contributed by atoms with Crippen molar-refractivity contribution in [3.05, 3.63) is 96.1 Å². The minimum Gasteiger partial charge on any atom is -0.386 e. The first-order chi connectivity index (χ1) is 13.5. The van der Waals surface area contributed by atoms with Gasteiger partial charge in [-0.25, -0.2) is 4.79 Å². The Balaban J connectivity index is 1.83. The molecule has 0 aliphatic carbocycles. The molecular weight excluding hydrogens is 375 g/mol. The summed E-state index contributed by atoms with van der Waals surface area (Å²) in [5.41, 5.74) is 1.35. The lowest BCUT2D eigenvalue weighted by molar-refractivity contribution is 0.0688. The zero-order valence-electron chi connectivity index (χ0n) is 15.6. The molecule has 0 spiro atoms. The van der Waals surface area contributed by atoms with Crippen molar-refractivity contribution in [1.29, 1.82) is 0 Å². The highest BCUT2D eigenvalue weighted by atomic mass is 31.2. The number of carbonyl (C=O) groups is 1. The minimum absolute atomic E-state index is 0.262. The Morgan fingerprint density at radius 3 is 1.64 bits per heavy atom. The molecule has 0 radical (unpaired) electrons. The lowest BCUT2D eigenvalue weighted by Crippen LogP contribution is -2.11. The van der Waals surface area contributed by atoms with Gasteiger partial charge >= 0.3 is 13.8 Å². The lowest BCUT2D eigenvalue weighted by Gasteiger charge is -2.18. The predicted octanol–water partition coefficient (Wildman–Crippen LogP) is 6.23. The van der Waals surface area contributed by atoms with Crippen LogP contribution < -0.4 is 9.05 Å². The number of phosphoric acid groups is 1. The molecule has 0 aliphatic rings. The van der Waals surface area contributed by atoms with Gasteiger partial charge in [-0.1, -0.05) is 62.4 Å². The van der Waals surface area contributed by atoms with Crippen LogP contribution in [0.5, 0.6) is 11.5 Å². The van der Waals surface area contributed by atoms with E-state index in [-0.39, 0.29) is 17.1 Å². The fraction of sp³-hybridized carbons (Fsp3) is 0.136. The van der Waals surface area contributed by atoms with Crippen molar-refractivity contribution < 1.29 is 22.9 Å². The topological polar surface area (TPSA) is 61.8 Å². The monoisotopic (exact) mass is 396 g/mol. The van der Waals surface area contributed by atoms with Crippen molar-refractivity contribution in [3.8, 4) is 11.5 Å². The van der Waals surface area contributed by atoms with Gasteiger partial charge in [0.1, 0.15) is 11.5 Å². The van der Waals surface area contributed by atoms with Gasteiger partial charge < -0.3 is 13.6 Å². The van der Waals surface area contributed by atoms with Crippen LogP contribution in [-0.2, 0) is 9.09 Å². The molecule has 3 rings (SSSR count). The molecule has 0 fully saturated rings. The number of carbonyl (C=O) groups excluding carboxylic acids is 1. The summed E-state index contributed by atoms with van der Waals surface area (Å²) in [6.45, 7) is 4.12. The second kappa shape index (κ2) is 8.77. The summed E-state index contributed by atoms with van der Waals surface area (Å²) in [6, 6.07) is 23.8. The van der Waals surface area contributed by atoms with E-state index >= 15 is 0 Å². The van der Waals surface area contributed by atoms with Crippen molar-refractivity contribution in [3.63, 3.8) is 0 Å². The van der Waals surface area contributed by atoms with E-state index < -0.39 is 13.8 Å². The average Bonchev–Trinajstić information content (AvgIpc) is 2.69. The van der Waals surface area contributed by atoms with Crippen molar-refractivity contribution in [2.24, 2.45) is 0 Å². The Labute approximate surface area is 164 Å². The van der Waals surface area contributed by atoms with E-state index in [0.717, 1.165) is 5.56 Å². The number of rotatable bonds is 7. The van der Waals surface area contributed by atoms with E-state index in [2.05, 4.69) is 13.8 Å². The number of hydrogen-bond acceptors (Lipinski definition) is 5. The van der Waals surface area contributed by atoms with E-state index in [1.165, 1.54) is 0 Å². The summed E-state index contributed by atoms with van der Waals surface area (Å²) in [7, 11) is -4.27. The van der Waals surface area contributed by atoms with Crippen LogP contribution in [0.1, 0.15) is 35.7 Å². The van der Waals surface area contributed by atoms with Gasteiger partial charge in [0.15, 0.2) is 0 Å². The minimum atomic E-state index is -4.27. The third-order valence-corrected chi connectivity index (χ3v) is 5.19. The second-order valence-electron chi connectivity index (χ2n) is 6.41. The maximum atomic E-state index is 13.2. The fourth-order valence-corrected chi connectivity index (χ4v) is 3.62. The lowest BCUT2D eigenvalue weighted by atomic mass is 10.0. The zero-order valence-corrected chi connectivity index (χ0v) is 16.5. The molecule has 0 aromatic heterocycles. The van der Waals surface area contributed by atoms with Gasteiger partial charge in [0, 0.05) is 0 Å². The van der Waals surface area contributed by atoms with Crippen LogP contribution in [0, 0.1) is 0 Å². The highest BCUT2D eigenvalue weighted by Crippen LogP contribution is 2.50. The smallest absolute Gasteiger partial charge is 0.386 e. The molecule has 0 saturated heterocycles. The first kappa shape index (κ1) is 19.7. The molecule has 0 bridgehead atoms. The Morgan fingerprint density at radius 2 is 1.21 bits per heavy atom. The van der Waals surface area contributed by atoms with Crippen molar-refractivity contribution >= 4 is 13.8 Å². The highest BCUT2D eigenvalue weighted by Gasteiger charge is 2.36. The van der Waals surface area contributed by atoms with E-state index in [1.807, 2.05) is 12.1 Å². The van der Waals surface area contributed by atoms with Crippen LogP contribution in [-0.4, -0.2) is 5.97 Å². The summed E-state index contributed by atoms with van der Waals surface area (Å²) in [5, 5.41) is 0. The summed E-state index contributed by atoms with van der Waals surface area (Å²) in [5.74, 6) is 0.0824. The Bertz CT molecular complexity index is 908. The molecule has 0 unspecified atom stereocenters. The van der Waals surface area contributed by atoms with Crippen LogP contribution in [0.15, 0.2) is 84.9 Å². The molecule has 0 amide bonds. The van der Waals surface area contributed by atoms with E-state index in [0.29, 0.717) is 5.92 Å². The van der Waals surface area contributed by atoms with Gasteiger partial charge in [-0.2, -0.15) is 4.57 Å². The molecule has 3 aromatic rings. The first-order valence-corrected chi connectivity index (χ1v) is 10.3. The van der Waals surface area contributed by atoms with Gasteiger partial charge in [0.2, 0.25) is 0 Å². The molecule has 28 heavy (non-hydrogen) atoms. The number of benzene rings is 3. The third kappa shape index (κ3) is 5.24. The number of hydrogen-bond donors (Lipinski definition) is 0. The van der Waals surface area contributed by atoms with Crippen LogP contribution in [0.2, 0.25) is 0 Å². The number of para-hydroxylation sites is 2. The SMILES string of the molecule is CC(C)c1ccc(C(=O)OP(=O)(Oc2ccccc2)Oc2ccccc2)cc1. The van der Waals surface area contributed by atoms with Crippen LogP contribution >= 0.6 is 7.82 Å². The highest BCUT2D eigenvalue weighted by molar-refractivity contribution is 7.50. The molecule has 0 aliphatic heterocycles. The van der Waals surface area contributed by atoms with Crippen LogP contribution in [0.4, 0.5) is 0 Å². The van der Waals surface area contributed by atoms with Crippen molar-refractivity contribution in [1.82, 2.24) is 0 Å². The van der Waals surface area contributed by atoms with Gasteiger partial charge in [0.05, 0.1) is 5.56 Å². The molecule has 3 aromatic carbocycles. The maximum absolute atomic E-state index is 13.2. The molecule has 0 N–H and O–H groups in total. The molecule has 144 valence electrons. The zero-order chi connectivity index (χ0) is 20.0. The van der Waals surface area contributed by atoms with Crippen LogP contribution in [0.3, 0.4) is 0 Å². The standard InChI is InChI=1S/C22H21O5P/c1-17(2)18-13-15-19(16-14-18)22(23)27-28(24,25-20-9-5-3-6-10-20)26-21-11-7-4-8-12-21/h3-17H,1-2H3. The normalized spacial score (nSPS) is 11.1. The largest absolute Gasteiger partial charge is 0.649 e. The van der Waals surface area contributed by atoms with E-state index in [1.54, 1.807) is 72.8 Å². The third-order valence-electron chi connectivity index (χ3n) is 3.93. The van der Waals surface area contributed by atoms with Crippen molar-refractivity contribution in [2.45, 2.75) is 19.8 Å². The summed E-state index contributed by atoms with van der Waals surface area (Å²) < 4.78 is 29.3. The quantitative estimate of drug-likeness (QED) is 0.443. The molecule has 0 saturated carbocycles. The average molecular weight is 396 g/mol. The van der Waals surface area contributed by atoms with Gasteiger partial charge in [-0.15, -0.1) is 0 Å². The first-order valence-electron chi connectivity index (χ1n) is 8.88. The molecule has 5 nitrogen and oxygen atoms in total. The summed E-state index contributed by atoms with van der Waals surface area (Å²) >= 11 is 0. The van der Waals surface area contributed by atoms with Gasteiger partial charge in [-0.05, 0) is 47.9 Å². The Kier molecular flexibility index (Phi) is 6.17. The van der Waals surface area contributed by atoms with E-state index in [9.17, 15) is 9.36 Å². The molecular formula is C22H21O5P. The van der Waals surface area contributed by atoms with Gasteiger partial charge in [0.25, 0.3) is 0 Å². The Morgan fingerprint density at radius 1 is 0.750 bits per heavy atom. The molecule has 0 atom stereocenters. The Hall–Kier alpha value is -3.04. The second-order valence-corrected chi connectivity index (χ2v) is 7.85. The molecule has 0 heterocycles. The fourth-order valence-electron chi connectivity index (χ4n) is 2.44. The molecule has 6 heteroatoms. The van der Waals surface area contributed by atoms with Gasteiger partial charge in [-0.3, -0.25) is 0 Å². The maximum Gasteiger partial charge on any atom is 0.649 e. The summed E-state index contributed by atoms with van der Waals surface area (Å²) in [4.78, 5) is 12.6. The van der Waals surface area contributed by atoms with Crippen molar-refractivity contribution in [2.75, 3.05) is 0 Å².